The van der Waals surface area contributed by atoms with E-state index in [0.717, 1.165) is 5.56 Å². The van der Waals surface area contributed by atoms with Crippen molar-refractivity contribution in [3.05, 3.63) is 35.9 Å². The second kappa shape index (κ2) is 3.88. The molecule has 0 unspecified atom stereocenters. The molecule has 0 saturated heterocycles. The maximum Gasteiger partial charge on any atom is 0.218 e. The van der Waals surface area contributed by atoms with Gasteiger partial charge in [-0.25, -0.2) is 5.73 Å². The molecule has 2 nitrogen and oxygen atoms in total. The zero-order valence-electron chi connectivity index (χ0n) is 6.08. The van der Waals surface area contributed by atoms with Gasteiger partial charge in [-0.05, 0) is 12.0 Å². The minimum Gasteiger partial charge on any atom is -0.289 e. The fourth-order valence-electron chi connectivity index (χ4n) is 0.891. The highest BCUT2D eigenvalue weighted by molar-refractivity contribution is 5.58. The molecule has 0 amide bonds. The van der Waals surface area contributed by atoms with Gasteiger partial charge in [-0.1, -0.05) is 30.3 Å². The quantitative estimate of drug-likeness (QED) is 0.628. The van der Waals surface area contributed by atoms with Crippen LogP contribution in [-0.2, 0) is 11.2 Å². The van der Waals surface area contributed by atoms with Crippen LogP contribution in [0.5, 0.6) is 0 Å². The first-order valence-corrected chi connectivity index (χ1v) is 3.45. The molecule has 0 fully saturated rings. The summed E-state index contributed by atoms with van der Waals surface area (Å²) >= 11 is 0. The van der Waals surface area contributed by atoms with E-state index in [0.29, 0.717) is 6.42 Å². The van der Waals surface area contributed by atoms with Gasteiger partial charge in [0.05, 0.1) is 6.04 Å². The van der Waals surface area contributed by atoms with Crippen molar-refractivity contribution in [1.82, 2.24) is 5.73 Å². The lowest BCUT2D eigenvalue weighted by Crippen LogP contribution is -2.13. The van der Waals surface area contributed by atoms with Gasteiger partial charge in [-0.2, -0.15) is 0 Å². The predicted molar refractivity (Wildman–Crippen MR) is 42.7 cm³/mol. The van der Waals surface area contributed by atoms with Crippen molar-refractivity contribution >= 4 is 6.29 Å². The minimum atomic E-state index is -0.739. The van der Waals surface area contributed by atoms with E-state index in [2.05, 4.69) is 0 Å². The molecule has 0 aliphatic heterocycles. The second-order valence-electron chi connectivity index (χ2n) is 2.36. The maximum atomic E-state index is 10.00. The summed E-state index contributed by atoms with van der Waals surface area (Å²) in [4.78, 5) is 10.00. The van der Waals surface area contributed by atoms with E-state index in [4.69, 9.17) is 5.73 Å². The Morgan fingerprint density at radius 1 is 1.36 bits per heavy atom. The molecule has 0 aliphatic carbocycles. The number of carbonyl (C=O) groups excluding carboxylic acids is 1. The topological polar surface area (TPSA) is 40.9 Å². The van der Waals surface area contributed by atoms with E-state index in [-0.39, 0.29) is 0 Å². The normalized spacial score (nSPS) is 12.5. The van der Waals surface area contributed by atoms with Crippen LogP contribution in [0.1, 0.15) is 5.56 Å². The van der Waals surface area contributed by atoms with Crippen molar-refractivity contribution in [1.29, 1.82) is 0 Å². The molecule has 1 N–H and O–H groups in total. The molecule has 0 aliphatic rings. The summed E-state index contributed by atoms with van der Waals surface area (Å²) in [5.41, 5.74) is 8.14. The SMILES string of the molecule is [NH][C@@H]([C]=O)Cc1ccccc1. The minimum absolute atomic E-state index is 0.463. The van der Waals surface area contributed by atoms with Crippen molar-refractivity contribution in [2.24, 2.45) is 0 Å². The van der Waals surface area contributed by atoms with Gasteiger partial charge in [-0.15, -0.1) is 0 Å². The number of nitrogens with one attached hydrogen (secondary N) is 1. The summed E-state index contributed by atoms with van der Waals surface area (Å²) in [6.07, 6.45) is 2.09. The first-order chi connectivity index (χ1) is 5.33. The number of benzene rings is 1. The van der Waals surface area contributed by atoms with Gasteiger partial charge >= 0.3 is 0 Å². The molecule has 0 aromatic heterocycles. The van der Waals surface area contributed by atoms with Gasteiger partial charge in [0.2, 0.25) is 6.29 Å². The van der Waals surface area contributed by atoms with Crippen molar-refractivity contribution in [3.8, 4) is 0 Å². The fourth-order valence-corrected chi connectivity index (χ4v) is 0.891. The van der Waals surface area contributed by atoms with Gasteiger partial charge in [0.25, 0.3) is 0 Å². The van der Waals surface area contributed by atoms with Crippen LogP contribution >= 0.6 is 0 Å². The lowest BCUT2D eigenvalue weighted by Gasteiger charge is -2.00. The molecule has 2 radical (unpaired) electrons. The molecule has 11 heavy (non-hydrogen) atoms. The standard InChI is InChI=1S/C9H9NO/c10-9(7-11)6-8-4-2-1-3-5-8/h1-5,9-10H,6H2/t9-/m1/s1. The molecule has 0 spiro atoms. The average molecular weight is 147 g/mol. The van der Waals surface area contributed by atoms with E-state index in [1.165, 1.54) is 0 Å². The van der Waals surface area contributed by atoms with Gasteiger partial charge in [0.15, 0.2) is 0 Å². The highest BCUT2D eigenvalue weighted by Crippen LogP contribution is 2.00. The summed E-state index contributed by atoms with van der Waals surface area (Å²) in [6.45, 7) is 0. The molecule has 1 rings (SSSR count). The largest absolute Gasteiger partial charge is 0.289 e. The lowest BCUT2D eigenvalue weighted by atomic mass is 10.1. The Morgan fingerprint density at radius 2 is 2.00 bits per heavy atom. The summed E-state index contributed by atoms with van der Waals surface area (Å²) in [5, 5.41) is 0. The Morgan fingerprint density at radius 3 is 2.55 bits per heavy atom. The van der Waals surface area contributed by atoms with Gasteiger partial charge < -0.3 is 0 Å². The Bertz CT molecular complexity index is 220. The number of rotatable bonds is 3. The first kappa shape index (κ1) is 7.95. The van der Waals surface area contributed by atoms with Crippen LogP contribution in [0.2, 0.25) is 0 Å². The van der Waals surface area contributed by atoms with Crippen molar-refractivity contribution < 1.29 is 4.79 Å². The van der Waals surface area contributed by atoms with Gasteiger partial charge in [-0.3, -0.25) is 4.79 Å². The van der Waals surface area contributed by atoms with Crippen LogP contribution in [-0.4, -0.2) is 12.3 Å². The van der Waals surface area contributed by atoms with Crippen LogP contribution in [0.4, 0.5) is 0 Å². The molecule has 1 atom stereocenters. The highest BCUT2D eigenvalue weighted by Gasteiger charge is 2.01. The summed E-state index contributed by atoms with van der Waals surface area (Å²) in [6, 6.07) is 8.77. The Hall–Kier alpha value is -1.15. The summed E-state index contributed by atoms with van der Waals surface area (Å²) in [5.74, 6) is 0. The highest BCUT2D eigenvalue weighted by atomic mass is 16.1. The zero-order valence-corrected chi connectivity index (χ0v) is 6.08. The van der Waals surface area contributed by atoms with Crippen molar-refractivity contribution in [3.63, 3.8) is 0 Å². The third-order valence-electron chi connectivity index (χ3n) is 1.42. The Kier molecular flexibility index (Phi) is 2.81. The molecule has 1 aromatic rings. The number of hydrogen-bond acceptors (Lipinski definition) is 1. The third kappa shape index (κ3) is 2.51. The first-order valence-electron chi connectivity index (χ1n) is 3.45. The van der Waals surface area contributed by atoms with Crippen LogP contribution < -0.4 is 5.73 Å². The van der Waals surface area contributed by atoms with Crippen LogP contribution in [0.3, 0.4) is 0 Å². The van der Waals surface area contributed by atoms with Gasteiger partial charge in [0, 0.05) is 0 Å². The zero-order chi connectivity index (χ0) is 8.10. The van der Waals surface area contributed by atoms with Crippen LogP contribution in [0, 0.1) is 0 Å². The fraction of sp³-hybridized carbons (Fsp3) is 0.222. The van der Waals surface area contributed by atoms with E-state index >= 15 is 0 Å². The van der Waals surface area contributed by atoms with E-state index < -0.39 is 6.04 Å². The van der Waals surface area contributed by atoms with Gasteiger partial charge in [0.1, 0.15) is 0 Å². The van der Waals surface area contributed by atoms with Crippen molar-refractivity contribution in [2.75, 3.05) is 0 Å². The molecule has 1 aromatic carbocycles. The third-order valence-corrected chi connectivity index (χ3v) is 1.42. The monoisotopic (exact) mass is 147 g/mol. The van der Waals surface area contributed by atoms with E-state index in [1.54, 1.807) is 6.29 Å². The molecule has 56 valence electrons. The molecule has 0 saturated carbocycles. The van der Waals surface area contributed by atoms with Crippen molar-refractivity contribution in [2.45, 2.75) is 12.5 Å². The molecule has 2 heteroatoms. The predicted octanol–water partition coefficient (Wildman–Crippen LogP) is 0.990. The summed E-state index contributed by atoms with van der Waals surface area (Å²) in [7, 11) is 0. The van der Waals surface area contributed by atoms with E-state index in [9.17, 15) is 4.79 Å². The van der Waals surface area contributed by atoms with Crippen LogP contribution in [0.15, 0.2) is 30.3 Å². The molecule has 0 bridgehead atoms. The average Bonchev–Trinajstić information content (AvgIpc) is 2.06. The second-order valence-corrected chi connectivity index (χ2v) is 2.36. The lowest BCUT2D eigenvalue weighted by molar-refractivity contribution is 0.539. The Labute approximate surface area is 66.0 Å². The molecular formula is C9H9NO. The van der Waals surface area contributed by atoms with Crippen LogP contribution in [0.25, 0.3) is 0 Å². The Balaban J connectivity index is 2.57. The number of hydrogen-bond donors (Lipinski definition) is 0. The molecule has 0 heterocycles. The van der Waals surface area contributed by atoms with E-state index in [1.807, 2.05) is 30.3 Å². The summed E-state index contributed by atoms with van der Waals surface area (Å²) < 4.78 is 0. The molecular weight excluding hydrogens is 138 g/mol. The maximum absolute atomic E-state index is 10.00. The smallest absolute Gasteiger partial charge is 0.218 e.